The number of fused-ring (bicyclic) bond motifs is 1. The number of nitrogens with one attached hydrogen (secondary N) is 2. The molecule has 0 aliphatic heterocycles. The van der Waals surface area contributed by atoms with Crippen LogP contribution in [0.4, 0.5) is 0 Å². The molecule has 2 N–H and O–H groups in total. The van der Waals surface area contributed by atoms with Crippen molar-refractivity contribution in [2.75, 3.05) is 6.54 Å². The summed E-state index contributed by atoms with van der Waals surface area (Å²) in [4.78, 5) is 3.27. The summed E-state index contributed by atoms with van der Waals surface area (Å²) in [6.45, 7) is 5.31. The lowest BCUT2D eigenvalue weighted by atomic mass is 10.1. The summed E-state index contributed by atoms with van der Waals surface area (Å²) < 4.78 is 0. The van der Waals surface area contributed by atoms with Gasteiger partial charge >= 0.3 is 0 Å². The van der Waals surface area contributed by atoms with Gasteiger partial charge in [-0.05, 0) is 36.7 Å². The van der Waals surface area contributed by atoms with Gasteiger partial charge in [0.25, 0.3) is 0 Å². The average molecular weight is 273 g/mol. The summed E-state index contributed by atoms with van der Waals surface area (Å²) in [5.74, 6) is 0. The molecule has 0 aliphatic carbocycles. The normalized spacial score (nSPS) is 10.8. The first-order valence-corrected chi connectivity index (χ1v) is 6.03. The van der Waals surface area contributed by atoms with Gasteiger partial charge in [-0.1, -0.05) is 25.4 Å². The largest absolute Gasteiger partial charge is 0.361 e. The molecule has 0 aliphatic rings. The van der Waals surface area contributed by atoms with Gasteiger partial charge in [0, 0.05) is 28.2 Å². The highest BCUT2D eigenvalue weighted by Gasteiger charge is 2.04. The summed E-state index contributed by atoms with van der Waals surface area (Å²) in [6.07, 6.45) is 3.10. The Morgan fingerprint density at radius 3 is 2.82 bits per heavy atom. The van der Waals surface area contributed by atoms with Crippen LogP contribution in [0.25, 0.3) is 10.9 Å². The SMILES string of the molecule is CC(C)NCCc1c[nH]c2ccc(Cl)cc12.Cl. The molecule has 0 fully saturated rings. The van der Waals surface area contributed by atoms with Crippen molar-refractivity contribution < 1.29 is 0 Å². The molecular weight excluding hydrogens is 255 g/mol. The highest BCUT2D eigenvalue weighted by molar-refractivity contribution is 6.31. The molecule has 0 saturated carbocycles. The summed E-state index contributed by atoms with van der Waals surface area (Å²) >= 11 is 6.00. The fourth-order valence-electron chi connectivity index (χ4n) is 1.85. The molecule has 2 rings (SSSR count). The molecule has 1 aromatic carbocycles. The lowest BCUT2D eigenvalue weighted by molar-refractivity contribution is 0.591. The van der Waals surface area contributed by atoms with E-state index in [0.717, 1.165) is 23.5 Å². The number of aromatic nitrogens is 1. The molecule has 0 saturated heterocycles. The topological polar surface area (TPSA) is 27.8 Å². The third-order valence-electron chi connectivity index (χ3n) is 2.68. The molecular formula is C13H18Cl2N2. The molecule has 2 aromatic rings. The second-order valence-corrected chi connectivity index (χ2v) is 4.80. The standard InChI is InChI=1S/C13H17ClN2.ClH/c1-9(2)15-6-5-10-8-16-13-4-3-11(14)7-12(10)13;/h3-4,7-9,15-16H,5-6H2,1-2H3;1H. The Labute approximate surface area is 113 Å². The Morgan fingerprint density at radius 1 is 1.35 bits per heavy atom. The van der Waals surface area contributed by atoms with E-state index in [4.69, 9.17) is 11.6 Å². The minimum atomic E-state index is 0. The predicted octanol–water partition coefficient (Wildman–Crippen LogP) is 3.78. The summed E-state index contributed by atoms with van der Waals surface area (Å²) in [5.41, 5.74) is 2.48. The fraction of sp³-hybridized carbons (Fsp3) is 0.385. The molecule has 94 valence electrons. The van der Waals surface area contributed by atoms with Gasteiger partial charge in [0.05, 0.1) is 0 Å². The zero-order valence-corrected chi connectivity index (χ0v) is 11.7. The first-order valence-electron chi connectivity index (χ1n) is 5.65. The first kappa shape index (κ1) is 14.4. The zero-order chi connectivity index (χ0) is 11.5. The van der Waals surface area contributed by atoms with E-state index in [1.807, 2.05) is 18.2 Å². The van der Waals surface area contributed by atoms with Crippen molar-refractivity contribution in [1.82, 2.24) is 10.3 Å². The van der Waals surface area contributed by atoms with E-state index in [0.29, 0.717) is 6.04 Å². The second-order valence-electron chi connectivity index (χ2n) is 4.36. The monoisotopic (exact) mass is 272 g/mol. The predicted molar refractivity (Wildman–Crippen MR) is 77.4 cm³/mol. The summed E-state index contributed by atoms with van der Waals surface area (Å²) in [7, 11) is 0. The van der Waals surface area contributed by atoms with Crippen LogP contribution in [0.1, 0.15) is 19.4 Å². The number of aromatic amines is 1. The maximum Gasteiger partial charge on any atom is 0.0457 e. The van der Waals surface area contributed by atoms with E-state index in [-0.39, 0.29) is 12.4 Å². The Balaban J connectivity index is 0.00000144. The third kappa shape index (κ3) is 3.63. The molecule has 0 amide bonds. The number of hydrogen-bond donors (Lipinski definition) is 2. The Bertz CT molecular complexity index is 477. The van der Waals surface area contributed by atoms with Crippen LogP contribution >= 0.6 is 24.0 Å². The average Bonchev–Trinajstić information content (AvgIpc) is 2.60. The van der Waals surface area contributed by atoms with Crippen molar-refractivity contribution in [3.8, 4) is 0 Å². The van der Waals surface area contributed by atoms with Gasteiger partial charge in [0.15, 0.2) is 0 Å². The molecule has 17 heavy (non-hydrogen) atoms. The number of halogens is 2. The van der Waals surface area contributed by atoms with Crippen molar-refractivity contribution in [3.63, 3.8) is 0 Å². The van der Waals surface area contributed by atoms with Crippen LogP contribution in [0.2, 0.25) is 5.02 Å². The molecule has 0 spiro atoms. The van der Waals surface area contributed by atoms with Gasteiger partial charge in [-0.3, -0.25) is 0 Å². The van der Waals surface area contributed by atoms with Crippen LogP contribution in [0.3, 0.4) is 0 Å². The Hall–Kier alpha value is -0.700. The summed E-state index contributed by atoms with van der Waals surface area (Å²) in [6, 6.07) is 6.50. The van der Waals surface area contributed by atoms with Gasteiger partial charge in [-0.15, -0.1) is 12.4 Å². The van der Waals surface area contributed by atoms with Crippen LogP contribution in [-0.2, 0) is 6.42 Å². The molecule has 2 nitrogen and oxygen atoms in total. The van der Waals surface area contributed by atoms with E-state index < -0.39 is 0 Å². The smallest absolute Gasteiger partial charge is 0.0457 e. The number of rotatable bonds is 4. The zero-order valence-electron chi connectivity index (χ0n) is 10.1. The number of benzene rings is 1. The van der Waals surface area contributed by atoms with Crippen molar-refractivity contribution in [2.24, 2.45) is 0 Å². The van der Waals surface area contributed by atoms with Crippen LogP contribution < -0.4 is 5.32 Å². The molecule has 0 bridgehead atoms. The van der Waals surface area contributed by atoms with Crippen molar-refractivity contribution in [3.05, 3.63) is 35.0 Å². The van der Waals surface area contributed by atoms with Gasteiger partial charge in [0.1, 0.15) is 0 Å². The molecule has 0 radical (unpaired) electrons. The lowest BCUT2D eigenvalue weighted by Crippen LogP contribution is -2.24. The molecule has 1 heterocycles. The highest BCUT2D eigenvalue weighted by atomic mass is 35.5. The van der Waals surface area contributed by atoms with Crippen molar-refractivity contribution >= 4 is 34.9 Å². The van der Waals surface area contributed by atoms with E-state index in [1.54, 1.807) is 0 Å². The van der Waals surface area contributed by atoms with Gasteiger partial charge in [-0.25, -0.2) is 0 Å². The minimum Gasteiger partial charge on any atom is -0.361 e. The minimum absolute atomic E-state index is 0. The van der Waals surface area contributed by atoms with Crippen LogP contribution in [0, 0.1) is 0 Å². The summed E-state index contributed by atoms with van der Waals surface area (Å²) in [5, 5.41) is 5.45. The van der Waals surface area contributed by atoms with Crippen molar-refractivity contribution in [1.29, 1.82) is 0 Å². The van der Waals surface area contributed by atoms with Crippen molar-refractivity contribution in [2.45, 2.75) is 26.3 Å². The Morgan fingerprint density at radius 2 is 2.12 bits per heavy atom. The molecule has 1 aromatic heterocycles. The lowest BCUT2D eigenvalue weighted by Gasteiger charge is -2.06. The maximum atomic E-state index is 6.00. The highest BCUT2D eigenvalue weighted by Crippen LogP contribution is 2.22. The van der Waals surface area contributed by atoms with Gasteiger partial charge < -0.3 is 10.3 Å². The third-order valence-corrected chi connectivity index (χ3v) is 2.91. The van der Waals surface area contributed by atoms with Crippen LogP contribution in [0.5, 0.6) is 0 Å². The van der Waals surface area contributed by atoms with E-state index in [9.17, 15) is 0 Å². The Kier molecular flexibility index (Phi) is 5.31. The quantitative estimate of drug-likeness (QED) is 0.871. The second kappa shape index (κ2) is 6.29. The number of H-pyrrole nitrogens is 1. The first-order chi connectivity index (χ1) is 7.66. The fourth-order valence-corrected chi connectivity index (χ4v) is 2.03. The molecule has 4 heteroatoms. The van der Waals surface area contributed by atoms with E-state index >= 15 is 0 Å². The molecule has 0 atom stereocenters. The molecule has 0 unspecified atom stereocenters. The van der Waals surface area contributed by atoms with Crippen LogP contribution in [0.15, 0.2) is 24.4 Å². The van der Waals surface area contributed by atoms with Gasteiger partial charge in [-0.2, -0.15) is 0 Å². The maximum absolute atomic E-state index is 6.00. The van der Waals surface area contributed by atoms with Gasteiger partial charge in [0.2, 0.25) is 0 Å². The van der Waals surface area contributed by atoms with E-state index in [2.05, 4.69) is 30.3 Å². The number of hydrogen-bond acceptors (Lipinski definition) is 1. The van der Waals surface area contributed by atoms with E-state index in [1.165, 1.54) is 10.9 Å². The van der Waals surface area contributed by atoms with Crippen LogP contribution in [-0.4, -0.2) is 17.6 Å².